The Morgan fingerprint density at radius 1 is 1.33 bits per heavy atom. The fourth-order valence-corrected chi connectivity index (χ4v) is 3.34. The molecule has 6 heteroatoms. The summed E-state index contributed by atoms with van der Waals surface area (Å²) < 4.78 is 0. The summed E-state index contributed by atoms with van der Waals surface area (Å²) in [7, 11) is 0. The number of hydrogen-bond acceptors (Lipinski definition) is 3. The van der Waals surface area contributed by atoms with Crippen LogP contribution < -0.4 is 10.6 Å². The molecule has 0 spiro atoms. The first-order valence-electron chi connectivity index (χ1n) is 7.25. The zero-order chi connectivity index (χ0) is 13.1. The van der Waals surface area contributed by atoms with Gasteiger partial charge in [0, 0.05) is 25.0 Å². The van der Waals surface area contributed by atoms with Crippen molar-refractivity contribution in [2.45, 2.75) is 50.7 Å². The lowest BCUT2D eigenvalue weighted by atomic mass is 9.85. The average Bonchev–Trinajstić information content (AvgIpc) is 2.90. The van der Waals surface area contributed by atoms with Crippen molar-refractivity contribution < 1.29 is 4.79 Å². The predicted octanol–water partition coefficient (Wildman–Crippen LogP) is 2.46. The van der Waals surface area contributed by atoms with Crippen LogP contribution >= 0.6 is 24.8 Å². The van der Waals surface area contributed by atoms with Crippen LogP contribution in [-0.2, 0) is 11.3 Å². The maximum absolute atomic E-state index is 12.2. The van der Waals surface area contributed by atoms with Crippen LogP contribution in [0.15, 0.2) is 24.5 Å². The smallest absolute Gasteiger partial charge is 0.237 e. The van der Waals surface area contributed by atoms with Gasteiger partial charge in [0.15, 0.2) is 0 Å². The molecule has 1 saturated carbocycles. The molecule has 1 aliphatic heterocycles. The van der Waals surface area contributed by atoms with Crippen LogP contribution in [0.3, 0.4) is 0 Å². The van der Waals surface area contributed by atoms with Crippen molar-refractivity contribution in [1.29, 1.82) is 0 Å². The number of amides is 1. The van der Waals surface area contributed by atoms with Crippen LogP contribution in [0.1, 0.15) is 37.7 Å². The number of halogens is 2. The largest absolute Gasteiger partial charge is 0.351 e. The first-order chi connectivity index (χ1) is 9.33. The Morgan fingerprint density at radius 3 is 2.86 bits per heavy atom. The number of hydrogen-bond donors (Lipinski definition) is 2. The summed E-state index contributed by atoms with van der Waals surface area (Å²) in [6.07, 6.45) is 9.69. The van der Waals surface area contributed by atoms with Gasteiger partial charge < -0.3 is 10.6 Å². The molecule has 0 bridgehead atoms. The van der Waals surface area contributed by atoms with Crippen molar-refractivity contribution in [3.05, 3.63) is 30.1 Å². The third-order valence-electron chi connectivity index (χ3n) is 4.37. The van der Waals surface area contributed by atoms with E-state index in [4.69, 9.17) is 0 Å². The summed E-state index contributed by atoms with van der Waals surface area (Å²) in [6, 6.07) is 4.45. The highest BCUT2D eigenvalue weighted by atomic mass is 35.5. The lowest BCUT2D eigenvalue weighted by Gasteiger charge is -2.24. The zero-order valence-electron chi connectivity index (χ0n) is 12.0. The van der Waals surface area contributed by atoms with E-state index < -0.39 is 0 Å². The Hall–Kier alpha value is -0.840. The summed E-state index contributed by atoms with van der Waals surface area (Å²) >= 11 is 0. The van der Waals surface area contributed by atoms with Crippen LogP contribution in [0.25, 0.3) is 0 Å². The Morgan fingerprint density at radius 2 is 2.14 bits per heavy atom. The van der Waals surface area contributed by atoms with Gasteiger partial charge in [0.1, 0.15) is 0 Å². The first kappa shape index (κ1) is 18.2. The molecule has 1 aromatic heterocycles. The number of aromatic nitrogens is 1. The lowest BCUT2D eigenvalue weighted by molar-refractivity contribution is -0.123. The molecule has 1 aromatic rings. The van der Waals surface area contributed by atoms with Crippen molar-refractivity contribution >= 4 is 30.7 Å². The topological polar surface area (TPSA) is 54.0 Å². The molecule has 2 aliphatic rings. The standard InChI is InChI=1S/C15H21N3O.2ClH/c19-15(17-10-11-4-3-7-16-9-11)14-8-12-5-1-2-6-13(12)18-14;;/h3-4,7,9,12-14,18H,1-2,5-6,8,10H2,(H,17,19);2*1H. The fraction of sp³-hybridized carbons (Fsp3) is 0.600. The van der Waals surface area contributed by atoms with Crippen molar-refractivity contribution in [2.75, 3.05) is 0 Å². The highest BCUT2D eigenvalue weighted by Crippen LogP contribution is 2.33. The van der Waals surface area contributed by atoms with E-state index in [2.05, 4.69) is 15.6 Å². The van der Waals surface area contributed by atoms with Crippen molar-refractivity contribution in [1.82, 2.24) is 15.6 Å². The summed E-state index contributed by atoms with van der Waals surface area (Å²) in [5, 5.41) is 6.51. The lowest BCUT2D eigenvalue weighted by Crippen LogP contribution is -2.42. The molecule has 21 heavy (non-hydrogen) atoms. The number of pyridine rings is 1. The molecule has 118 valence electrons. The molecule has 0 aromatic carbocycles. The summed E-state index contributed by atoms with van der Waals surface area (Å²) in [5.41, 5.74) is 1.05. The molecular weight excluding hydrogens is 309 g/mol. The van der Waals surface area contributed by atoms with Crippen LogP contribution in [0.2, 0.25) is 0 Å². The van der Waals surface area contributed by atoms with E-state index >= 15 is 0 Å². The number of nitrogens with one attached hydrogen (secondary N) is 2. The van der Waals surface area contributed by atoms with E-state index in [0.29, 0.717) is 18.5 Å². The van der Waals surface area contributed by atoms with Gasteiger partial charge in [-0.05, 0) is 36.8 Å². The van der Waals surface area contributed by atoms with Crippen LogP contribution in [0.4, 0.5) is 0 Å². The van der Waals surface area contributed by atoms with Gasteiger partial charge in [-0.15, -0.1) is 24.8 Å². The van der Waals surface area contributed by atoms with Crippen LogP contribution in [0, 0.1) is 5.92 Å². The molecular formula is C15H23Cl2N3O. The minimum atomic E-state index is 0. The van der Waals surface area contributed by atoms with E-state index in [9.17, 15) is 4.79 Å². The van der Waals surface area contributed by atoms with Gasteiger partial charge >= 0.3 is 0 Å². The molecule has 2 N–H and O–H groups in total. The van der Waals surface area contributed by atoms with E-state index in [1.807, 2.05) is 12.1 Å². The SMILES string of the molecule is Cl.Cl.O=C(NCc1cccnc1)C1CC2CCCCC2N1. The monoisotopic (exact) mass is 331 g/mol. The van der Waals surface area contributed by atoms with Gasteiger partial charge in [0.25, 0.3) is 0 Å². The van der Waals surface area contributed by atoms with Crippen molar-refractivity contribution in [3.8, 4) is 0 Å². The molecule has 1 saturated heterocycles. The Kier molecular flexibility index (Phi) is 7.43. The average molecular weight is 332 g/mol. The number of fused-ring (bicyclic) bond motifs is 1. The number of rotatable bonds is 3. The zero-order valence-corrected chi connectivity index (χ0v) is 13.6. The molecule has 2 fully saturated rings. The van der Waals surface area contributed by atoms with E-state index in [1.165, 1.54) is 25.7 Å². The highest BCUT2D eigenvalue weighted by molar-refractivity contribution is 5.85. The minimum Gasteiger partial charge on any atom is -0.351 e. The summed E-state index contributed by atoms with van der Waals surface area (Å²) in [4.78, 5) is 16.2. The van der Waals surface area contributed by atoms with E-state index in [0.717, 1.165) is 12.0 Å². The second-order valence-corrected chi connectivity index (χ2v) is 5.69. The second kappa shape index (κ2) is 8.57. The van der Waals surface area contributed by atoms with Crippen molar-refractivity contribution in [3.63, 3.8) is 0 Å². The predicted molar refractivity (Wildman–Crippen MR) is 87.9 cm³/mol. The quantitative estimate of drug-likeness (QED) is 0.894. The van der Waals surface area contributed by atoms with Gasteiger partial charge in [-0.3, -0.25) is 9.78 Å². The van der Waals surface area contributed by atoms with Gasteiger partial charge in [-0.25, -0.2) is 0 Å². The highest BCUT2D eigenvalue weighted by Gasteiger charge is 2.37. The molecule has 3 rings (SSSR count). The van der Waals surface area contributed by atoms with E-state index in [-0.39, 0.29) is 36.8 Å². The number of carbonyl (C=O) groups excluding carboxylic acids is 1. The maximum atomic E-state index is 12.2. The van der Waals surface area contributed by atoms with Gasteiger partial charge in [-0.2, -0.15) is 0 Å². The normalized spacial score (nSPS) is 27.0. The molecule has 3 unspecified atom stereocenters. The number of nitrogens with zero attached hydrogens (tertiary/aromatic N) is 1. The van der Waals surface area contributed by atoms with Gasteiger partial charge in [-0.1, -0.05) is 18.9 Å². The van der Waals surface area contributed by atoms with Gasteiger partial charge in [0.05, 0.1) is 6.04 Å². The summed E-state index contributed by atoms with van der Waals surface area (Å²) in [6.45, 7) is 0.570. The van der Waals surface area contributed by atoms with E-state index in [1.54, 1.807) is 12.4 Å². The molecule has 3 atom stereocenters. The second-order valence-electron chi connectivity index (χ2n) is 5.69. The molecule has 1 aliphatic carbocycles. The Bertz CT molecular complexity index is 430. The third-order valence-corrected chi connectivity index (χ3v) is 4.37. The van der Waals surface area contributed by atoms with Crippen molar-refractivity contribution in [2.24, 2.45) is 5.92 Å². The first-order valence-corrected chi connectivity index (χ1v) is 7.25. The molecule has 4 nitrogen and oxygen atoms in total. The Labute approximate surface area is 138 Å². The minimum absolute atomic E-state index is 0. The fourth-order valence-electron chi connectivity index (χ4n) is 3.34. The van der Waals surface area contributed by atoms with Crippen LogP contribution in [0.5, 0.6) is 0 Å². The van der Waals surface area contributed by atoms with Gasteiger partial charge in [0.2, 0.25) is 5.91 Å². The molecule has 2 heterocycles. The number of carbonyl (C=O) groups is 1. The molecule has 0 radical (unpaired) electrons. The Balaban J connectivity index is 0.00000110. The molecule has 1 amide bonds. The summed E-state index contributed by atoms with van der Waals surface area (Å²) in [5.74, 6) is 0.848. The van der Waals surface area contributed by atoms with Crippen LogP contribution in [-0.4, -0.2) is 23.0 Å². The third kappa shape index (κ3) is 4.56. The maximum Gasteiger partial charge on any atom is 0.237 e.